The average Bonchev–Trinajstić information content (AvgIpc) is 2.72. The summed E-state index contributed by atoms with van der Waals surface area (Å²) in [5.74, 6) is -0.216. The van der Waals surface area contributed by atoms with Gasteiger partial charge < -0.3 is 9.80 Å². The van der Waals surface area contributed by atoms with Crippen LogP contribution < -0.4 is 9.21 Å². The van der Waals surface area contributed by atoms with Crippen LogP contribution in [0.1, 0.15) is 5.56 Å². The quantitative estimate of drug-likeness (QED) is 0.678. The van der Waals surface area contributed by atoms with Gasteiger partial charge in [0.25, 0.3) is 0 Å². The Balaban J connectivity index is 1.71. The predicted molar refractivity (Wildman–Crippen MR) is 121 cm³/mol. The number of halogens is 1. The molecule has 1 aliphatic heterocycles. The Labute approximate surface area is 183 Å². The smallest absolute Gasteiger partial charge is 0.304 e. The third kappa shape index (κ3) is 5.06. The molecule has 1 amide bonds. The molecule has 0 N–H and O–H groups in total. The largest absolute Gasteiger partial charge is 0.368 e. The molecule has 0 saturated carbocycles. The first-order valence-corrected chi connectivity index (χ1v) is 11.5. The molecule has 0 spiro atoms. The van der Waals surface area contributed by atoms with Gasteiger partial charge in [0.15, 0.2) is 0 Å². The van der Waals surface area contributed by atoms with Gasteiger partial charge in [-0.1, -0.05) is 35.4 Å². The third-order valence-corrected chi connectivity index (χ3v) is 7.20. The molecule has 0 aliphatic carbocycles. The standard InChI is InChI=1S/C21H27ClN4O3S/c1-17-7-9-19(10-8-17)26(30(28,29)23(2)3)16-21(27)25-13-11-24(12-14-25)20-6-4-5-18(22)15-20/h4-10,15H,11-14,16H2,1-3H3. The van der Waals surface area contributed by atoms with Crippen LogP contribution in [0.5, 0.6) is 0 Å². The van der Waals surface area contributed by atoms with Crippen LogP contribution in [-0.2, 0) is 15.0 Å². The van der Waals surface area contributed by atoms with Gasteiger partial charge in [-0.3, -0.25) is 4.79 Å². The summed E-state index contributed by atoms with van der Waals surface area (Å²) < 4.78 is 28.0. The maximum absolute atomic E-state index is 13.0. The van der Waals surface area contributed by atoms with Crippen LogP contribution in [0.3, 0.4) is 0 Å². The zero-order chi connectivity index (χ0) is 21.9. The second-order valence-corrected chi connectivity index (χ2v) is 9.98. The molecular weight excluding hydrogens is 424 g/mol. The first-order chi connectivity index (χ1) is 14.2. The van der Waals surface area contributed by atoms with Crippen molar-refractivity contribution in [3.63, 3.8) is 0 Å². The Kier molecular flexibility index (Phi) is 6.90. The number of benzene rings is 2. The summed E-state index contributed by atoms with van der Waals surface area (Å²) in [5.41, 5.74) is 2.51. The summed E-state index contributed by atoms with van der Waals surface area (Å²) in [6.07, 6.45) is 0. The fourth-order valence-corrected chi connectivity index (χ4v) is 4.56. The molecule has 30 heavy (non-hydrogen) atoms. The molecule has 3 rings (SSSR count). The van der Waals surface area contributed by atoms with Crippen molar-refractivity contribution in [1.82, 2.24) is 9.21 Å². The lowest BCUT2D eigenvalue weighted by molar-refractivity contribution is -0.129. The number of rotatable bonds is 6. The Hall–Kier alpha value is -2.29. The molecule has 0 radical (unpaired) electrons. The summed E-state index contributed by atoms with van der Waals surface area (Å²) >= 11 is 6.08. The number of carbonyl (C=O) groups is 1. The van der Waals surface area contributed by atoms with Gasteiger partial charge >= 0.3 is 10.2 Å². The average molecular weight is 451 g/mol. The molecule has 2 aromatic rings. The van der Waals surface area contributed by atoms with E-state index in [1.54, 1.807) is 17.0 Å². The van der Waals surface area contributed by atoms with E-state index in [9.17, 15) is 13.2 Å². The zero-order valence-corrected chi connectivity index (χ0v) is 19.0. The normalized spacial score (nSPS) is 14.8. The summed E-state index contributed by atoms with van der Waals surface area (Å²) in [5, 5.41) is 0.675. The fraction of sp³-hybridized carbons (Fsp3) is 0.381. The number of nitrogens with zero attached hydrogens (tertiary/aromatic N) is 4. The fourth-order valence-electron chi connectivity index (χ4n) is 3.32. The van der Waals surface area contributed by atoms with Gasteiger partial charge in [-0.05, 0) is 37.3 Å². The molecule has 2 aromatic carbocycles. The van der Waals surface area contributed by atoms with Crippen molar-refractivity contribution in [3.8, 4) is 0 Å². The second kappa shape index (κ2) is 9.24. The molecule has 9 heteroatoms. The molecule has 0 atom stereocenters. The summed E-state index contributed by atoms with van der Waals surface area (Å²) in [7, 11) is -0.877. The highest BCUT2D eigenvalue weighted by atomic mass is 35.5. The van der Waals surface area contributed by atoms with E-state index < -0.39 is 10.2 Å². The molecule has 162 valence electrons. The molecule has 1 saturated heterocycles. The Morgan fingerprint density at radius 3 is 2.23 bits per heavy atom. The van der Waals surface area contributed by atoms with Gasteiger partial charge in [0, 0.05) is 51.0 Å². The highest BCUT2D eigenvalue weighted by molar-refractivity contribution is 7.90. The minimum Gasteiger partial charge on any atom is -0.368 e. The molecule has 0 bridgehead atoms. The van der Waals surface area contributed by atoms with Crippen LogP contribution in [0.15, 0.2) is 48.5 Å². The van der Waals surface area contributed by atoms with Gasteiger partial charge in [0.2, 0.25) is 5.91 Å². The topological polar surface area (TPSA) is 64.2 Å². The van der Waals surface area contributed by atoms with Crippen LogP contribution in [0.4, 0.5) is 11.4 Å². The summed E-state index contributed by atoms with van der Waals surface area (Å²) in [6, 6.07) is 14.7. The van der Waals surface area contributed by atoms with Crippen LogP contribution in [0, 0.1) is 6.92 Å². The Morgan fingerprint density at radius 1 is 1.03 bits per heavy atom. The van der Waals surface area contributed by atoms with E-state index in [-0.39, 0.29) is 12.5 Å². The molecule has 1 heterocycles. The van der Waals surface area contributed by atoms with Gasteiger partial charge in [-0.15, -0.1) is 0 Å². The highest BCUT2D eigenvalue weighted by Gasteiger charge is 2.30. The minimum absolute atomic E-state index is 0.216. The Bertz CT molecular complexity index is 988. The van der Waals surface area contributed by atoms with E-state index in [4.69, 9.17) is 11.6 Å². The minimum atomic E-state index is -3.80. The van der Waals surface area contributed by atoms with Crippen molar-refractivity contribution in [2.75, 3.05) is 56.0 Å². The number of piperazine rings is 1. The second-order valence-electron chi connectivity index (χ2n) is 7.48. The van der Waals surface area contributed by atoms with E-state index in [0.29, 0.717) is 36.9 Å². The maximum atomic E-state index is 13.0. The number of amides is 1. The number of aryl methyl sites for hydroxylation is 1. The van der Waals surface area contributed by atoms with E-state index in [1.807, 2.05) is 43.3 Å². The predicted octanol–water partition coefficient (Wildman–Crippen LogP) is 2.61. The van der Waals surface area contributed by atoms with Crippen LogP contribution in [0.2, 0.25) is 5.02 Å². The molecule has 1 fully saturated rings. The van der Waals surface area contributed by atoms with Crippen molar-refractivity contribution in [2.24, 2.45) is 0 Å². The molecule has 0 aromatic heterocycles. The van der Waals surface area contributed by atoms with Gasteiger partial charge in [-0.2, -0.15) is 12.7 Å². The number of anilines is 2. The van der Waals surface area contributed by atoms with Crippen molar-refractivity contribution >= 4 is 39.1 Å². The van der Waals surface area contributed by atoms with Crippen LogP contribution >= 0.6 is 11.6 Å². The number of hydrogen-bond donors (Lipinski definition) is 0. The van der Waals surface area contributed by atoms with Gasteiger partial charge in [0.05, 0.1) is 5.69 Å². The third-order valence-electron chi connectivity index (χ3n) is 5.15. The molecular formula is C21H27ClN4O3S. The zero-order valence-electron chi connectivity index (χ0n) is 17.5. The summed E-state index contributed by atoms with van der Waals surface area (Å²) in [6.45, 7) is 4.07. The van der Waals surface area contributed by atoms with Gasteiger partial charge in [0.1, 0.15) is 6.54 Å². The molecule has 1 aliphatic rings. The molecule has 0 unspecified atom stereocenters. The van der Waals surface area contributed by atoms with Gasteiger partial charge in [-0.25, -0.2) is 4.31 Å². The van der Waals surface area contributed by atoms with Crippen molar-refractivity contribution < 1.29 is 13.2 Å². The molecule has 7 nitrogen and oxygen atoms in total. The van der Waals surface area contributed by atoms with Crippen LogP contribution in [0.25, 0.3) is 0 Å². The monoisotopic (exact) mass is 450 g/mol. The van der Waals surface area contributed by atoms with E-state index in [0.717, 1.165) is 19.9 Å². The van der Waals surface area contributed by atoms with Crippen molar-refractivity contribution in [2.45, 2.75) is 6.92 Å². The van der Waals surface area contributed by atoms with E-state index in [2.05, 4.69) is 4.90 Å². The first-order valence-electron chi connectivity index (χ1n) is 9.73. The highest BCUT2D eigenvalue weighted by Crippen LogP contribution is 2.22. The maximum Gasteiger partial charge on any atom is 0.304 e. The summed E-state index contributed by atoms with van der Waals surface area (Å²) in [4.78, 5) is 16.9. The Morgan fingerprint density at radius 2 is 1.67 bits per heavy atom. The van der Waals surface area contributed by atoms with Crippen molar-refractivity contribution in [1.29, 1.82) is 0 Å². The lowest BCUT2D eigenvalue weighted by Gasteiger charge is -2.37. The first kappa shape index (κ1) is 22.4. The van der Waals surface area contributed by atoms with Crippen molar-refractivity contribution in [3.05, 3.63) is 59.1 Å². The SMILES string of the molecule is Cc1ccc(N(CC(=O)N2CCN(c3cccc(Cl)c3)CC2)S(=O)(=O)N(C)C)cc1. The lowest BCUT2D eigenvalue weighted by atomic mass is 10.2. The lowest BCUT2D eigenvalue weighted by Crippen LogP contribution is -2.53. The van der Waals surface area contributed by atoms with Crippen LogP contribution in [-0.4, -0.2) is 70.3 Å². The van der Waals surface area contributed by atoms with E-state index >= 15 is 0 Å². The number of carbonyl (C=O) groups excluding carboxylic acids is 1. The number of hydrogen-bond acceptors (Lipinski definition) is 4. The van der Waals surface area contributed by atoms with E-state index in [1.165, 1.54) is 14.1 Å².